The van der Waals surface area contributed by atoms with Gasteiger partial charge in [-0.3, -0.25) is 0 Å². The van der Waals surface area contributed by atoms with Crippen molar-refractivity contribution >= 4 is 16.9 Å². The van der Waals surface area contributed by atoms with Crippen LogP contribution < -0.4 is 5.73 Å². The topological polar surface area (TPSA) is 38.4 Å². The molecule has 0 aromatic heterocycles. The van der Waals surface area contributed by atoms with Crippen LogP contribution in [0, 0.1) is 0 Å². The Hall–Kier alpha value is -1.22. The fourth-order valence-electron chi connectivity index (χ4n) is 1.43. The smallest absolute Gasteiger partial charge is 0.159 e. The average molecular weight is 204 g/mol. The van der Waals surface area contributed by atoms with Crippen LogP contribution >= 0.6 is 11.8 Å². The van der Waals surface area contributed by atoms with Crippen molar-refractivity contribution in [2.24, 2.45) is 10.7 Å². The first kappa shape index (κ1) is 9.34. The summed E-state index contributed by atoms with van der Waals surface area (Å²) < 4.78 is 0. The van der Waals surface area contributed by atoms with E-state index in [1.807, 2.05) is 25.1 Å². The van der Waals surface area contributed by atoms with Crippen LogP contribution in [0.3, 0.4) is 0 Å². The quantitative estimate of drug-likeness (QED) is 0.763. The summed E-state index contributed by atoms with van der Waals surface area (Å²) >= 11 is 1.59. The summed E-state index contributed by atoms with van der Waals surface area (Å²) in [6, 6.07) is 10.3. The number of amidine groups is 1. The summed E-state index contributed by atoms with van der Waals surface area (Å²) in [4.78, 5) is 4.18. The molecule has 0 saturated heterocycles. The third-order valence-corrected chi connectivity index (χ3v) is 3.05. The lowest BCUT2D eigenvalue weighted by atomic mass is 10.1. The highest BCUT2D eigenvalue weighted by Crippen LogP contribution is 2.34. The maximum absolute atomic E-state index is 5.73. The molecule has 72 valence electrons. The zero-order chi connectivity index (χ0) is 9.97. The number of aliphatic imine (C=N–C) groups is 1. The van der Waals surface area contributed by atoms with Gasteiger partial charge in [-0.05, 0) is 18.6 Å². The van der Waals surface area contributed by atoms with Crippen molar-refractivity contribution in [2.45, 2.75) is 12.2 Å². The molecule has 0 spiro atoms. The van der Waals surface area contributed by atoms with Gasteiger partial charge in [0.05, 0.1) is 5.25 Å². The monoisotopic (exact) mass is 204 g/mol. The number of rotatable bonds is 1. The van der Waals surface area contributed by atoms with Crippen LogP contribution in [0.1, 0.15) is 17.7 Å². The minimum Gasteiger partial charge on any atom is -0.378 e. The second kappa shape index (κ2) is 3.88. The summed E-state index contributed by atoms with van der Waals surface area (Å²) in [6.07, 6.45) is 2.14. The van der Waals surface area contributed by atoms with Gasteiger partial charge >= 0.3 is 0 Å². The molecule has 0 unspecified atom stereocenters. The number of benzene rings is 1. The second-order valence-corrected chi connectivity index (χ2v) is 4.37. The molecule has 1 heterocycles. The summed E-state index contributed by atoms with van der Waals surface area (Å²) in [5.74, 6) is 0. The van der Waals surface area contributed by atoms with Gasteiger partial charge in [-0.1, -0.05) is 42.1 Å². The Morgan fingerprint density at radius 2 is 2.00 bits per heavy atom. The van der Waals surface area contributed by atoms with Crippen LogP contribution in [0.15, 0.2) is 47.1 Å². The molecular formula is C11H12N2S. The minimum absolute atomic E-state index is 0.314. The Morgan fingerprint density at radius 1 is 1.29 bits per heavy atom. The molecule has 0 saturated carbocycles. The zero-order valence-corrected chi connectivity index (χ0v) is 8.79. The molecule has 0 amide bonds. The molecule has 1 atom stereocenters. The van der Waals surface area contributed by atoms with Gasteiger partial charge in [0, 0.05) is 5.70 Å². The number of allylic oxidation sites excluding steroid dienone is 1. The van der Waals surface area contributed by atoms with E-state index >= 15 is 0 Å². The molecule has 3 heteroatoms. The molecule has 2 nitrogen and oxygen atoms in total. The number of nitrogens with zero attached hydrogens (tertiary/aromatic N) is 1. The normalized spacial score (nSPS) is 21.4. The lowest BCUT2D eigenvalue weighted by Gasteiger charge is -2.16. The average Bonchev–Trinajstić information content (AvgIpc) is 2.18. The van der Waals surface area contributed by atoms with Crippen LogP contribution in [-0.4, -0.2) is 5.17 Å². The first-order valence-electron chi connectivity index (χ1n) is 4.50. The molecule has 1 aromatic carbocycles. The molecule has 1 aromatic rings. The number of nitrogens with two attached hydrogens (primary N) is 1. The molecule has 0 fully saturated rings. The number of hydrogen-bond acceptors (Lipinski definition) is 3. The third-order valence-electron chi connectivity index (χ3n) is 2.05. The highest BCUT2D eigenvalue weighted by molar-refractivity contribution is 8.14. The second-order valence-electron chi connectivity index (χ2n) is 3.21. The Labute approximate surface area is 87.9 Å². The standard InChI is InChI=1S/C11H12N2S/c1-8-7-10(14-11(12)13-8)9-5-3-2-4-6-9/h2-7,10H,1H3,(H2,12,13)/t10-/m0/s1. The molecule has 2 N–H and O–H groups in total. The minimum atomic E-state index is 0.314. The lowest BCUT2D eigenvalue weighted by molar-refractivity contribution is 1.15. The number of hydrogen-bond donors (Lipinski definition) is 1. The summed E-state index contributed by atoms with van der Waals surface area (Å²) in [5.41, 5.74) is 7.99. The van der Waals surface area contributed by atoms with Crippen molar-refractivity contribution < 1.29 is 0 Å². The fourth-order valence-corrected chi connectivity index (χ4v) is 2.44. The van der Waals surface area contributed by atoms with Gasteiger partial charge in [-0.25, -0.2) is 4.99 Å². The van der Waals surface area contributed by atoms with Crippen LogP contribution in [0.5, 0.6) is 0 Å². The van der Waals surface area contributed by atoms with Crippen molar-refractivity contribution in [2.75, 3.05) is 0 Å². The predicted molar refractivity (Wildman–Crippen MR) is 62.2 cm³/mol. The van der Waals surface area contributed by atoms with Crippen molar-refractivity contribution in [3.8, 4) is 0 Å². The van der Waals surface area contributed by atoms with Crippen molar-refractivity contribution in [3.05, 3.63) is 47.7 Å². The highest BCUT2D eigenvalue weighted by Gasteiger charge is 2.15. The predicted octanol–water partition coefficient (Wildman–Crippen LogP) is 2.69. The molecule has 0 radical (unpaired) electrons. The molecule has 0 aliphatic carbocycles. The van der Waals surface area contributed by atoms with Gasteiger partial charge in [0.2, 0.25) is 0 Å². The van der Waals surface area contributed by atoms with Crippen LogP contribution in [0.4, 0.5) is 0 Å². The Morgan fingerprint density at radius 3 is 2.64 bits per heavy atom. The van der Waals surface area contributed by atoms with Gasteiger partial charge in [-0.15, -0.1) is 0 Å². The Balaban J connectivity index is 2.27. The van der Waals surface area contributed by atoms with Gasteiger partial charge in [0.25, 0.3) is 0 Å². The van der Waals surface area contributed by atoms with Gasteiger partial charge in [0.1, 0.15) is 0 Å². The van der Waals surface area contributed by atoms with E-state index in [9.17, 15) is 0 Å². The molecular weight excluding hydrogens is 192 g/mol. The van der Waals surface area contributed by atoms with E-state index in [0.29, 0.717) is 10.4 Å². The zero-order valence-electron chi connectivity index (χ0n) is 7.97. The van der Waals surface area contributed by atoms with Crippen LogP contribution in [0.2, 0.25) is 0 Å². The van der Waals surface area contributed by atoms with E-state index in [1.54, 1.807) is 11.8 Å². The van der Waals surface area contributed by atoms with Crippen LogP contribution in [0.25, 0.3) is 0 Å². The SMILES string of the molecule is CC1=C[C@@H](c2ccccc2)SC(N)=N1. The number of thioether (sulfide) groups is 1. The summed E-state index contributed by atoms with van der Waals surface area (Å²) in [7, 11) is 0. The van der Waals surface area contributed by atoms with Crippen LogP contribution in [-0.2, 0) is 0 Å². The van der Waals surface area contributed by atoms with E-state index in [2.05, 4.69) is 23.2 Å². The first-order valence-corrected chi connectivity index (χ1v) is 5.38. The Bertz CT molecular complexity index is 382. The molecule has 14 heavy (non-hydrogen) atoms. The largest absolute Gasteiger partial charge is 0.378 e. The van der Waals surface area contributed by atoms with Crippen molar-refractivity contribution in [1.29, 1.82) is 0 Å². The maximum atomic E-state index is 5.73. The van der Waals surface area contributed by atoms with E-state index in [1.165, 1.54) is 5.56 Å². The van der Waals surface area contributed by atoms with E-state index in [-0.39, 0.29) is 0 Å². The van der Waals surface area contributed by atoms with Crippen molar-refractivity contribution in [3.63, 3.8) is 0 Å². The molecule has 0 bridgehead atoms. The van der Waals surface area contributed by atoms with Gasteiger partial charge in [-0.2, -0.15) is 0 Å². The van der Waals surface area contributed by atoms with Gasteiger partial charge in [0.15, 0.2) is 5.17 Å². The molecule has 1 aliphatic rings. The van der Waals surface area contributed by atoms with E-state index < -0.39 is 0 Å². The molecule has 1 aliphatic heterocycles. The van der Waals surface area contributed by atoms with E-state index in [4.69, 9.17) is 5.73 Å². The summed E-state index contributed by atoms with van der Waals surface area (Å²) in [6.45, 7) is 1.97. The first-order chi connectivity index (χ1) is 6.75. The van der Waals surface area contributed by atoms with E-state index in [0.717, 1.165) is 5.70 Å². The maximum Gasteiger partial charge on any atom is 0.159 e. The van der Waals surface area contributed by atoms with Crippen molar-refractivity contribution in [1.82, 2.24) is 0 Å². The Kier molecular flexibility index (Phi) is 2.59. The highest BCUT2D eigenvalue weighted by atomic mass is 32.2. The fraction of sp³-hybridized carbons (Fsp3) is 0.182. The lowest BCUT2D eigenvalue weighted by Crippen LogP contribution is -2.12. The third kappa shape index (κ3) is 1.99. The summed E-state index contributed by atoms with van der Waals surface area (Å²) in [5, 5.41) is 0.965. The van der Waals surface area contributed by atoms with Gasteiger partial charge < -0.3 is 5.73 Å². The molecule has 2 rings (SSSR count).